The predicted molar refractivity (Wildman–Crippen MR) is 171 cm³/mol. The van der Waals surface area contributed by atoms with E-state index in [1.807, 2.05) is 103 Å². The average Bonchev–Trinajstić information content (AvgIpc) is 3.03. The van der Waals surface area contributed by atoms with Crippen molar-refractivity contribution in [3.05, 3.63) is 131 Å². The predicted octanol–water partition coefficient (Wildman–Crippen LogP) is 7.26. The van der Waals surface area contributed by atoms with Crippen molar-refractivity contribution < 1.29 is 19.5 Å². The van der Waals surface area contributed by atoms with Gasteiger partial charge in [-0.1, -0.05) is 104 Å². The maximum absolute atomic E-state index is 14.1. The van der Waals surface area contributed by atoms with Crippen molar-refractivity contribution in [3.8, 4) is 11.1 Å². The largest absolute Gasteiger partial charge is 0.481 e. The number of carboxylic acid groups (broad SMARTS) is 1. The molecule has 0 spiro atoms. The van der Waals surface area contributed by atoms with Gasteiger partial charge in [-0.15, -0.1) is 0 Å². The van der Waals surface area contributed by atoms with Crippen molar-refractivity contribution in [2.24, 2.45) is 0 Å². The average molecular weight is 577 g/mol. The number of carbonyl (C=O) groups excluding carboxylic acids is 2. The summed E-state index contributed by atoms with van der Waals surface area (Å²) >= 11 is 0. The van der Waals surface area contributed by atoms with Crippen LogP contribution in [0.1, 0.15) is 63.6 Å². The molecule has 0 heterocycles. The third-order valence-electron chi connectivity index (χ3n) is 7.69. The summed E-state index contributed by atoms with van der Waals surface area (Å²) in [5.74, 6) is -1.29. The highest BCUT2D eigenvalue weighted by atomic mass is 16.4. The van der Waals surface area contributed by atoms with Gasteiger partial charge in [0.25, 0.3) is 11.8 Å². The summed E-state index contributed by atoms with van der Waals surface area (Å²) in [5, 5.41) is 9.41. The molecule has 0 fully saturated rings. The standard InChI is InChI=1S/C37H40N2O4/c1-3-4-24-39(27-29-15-6-5-7-16-29)37(43)34-21-13-11-19-32(34)31-18-10-12-20-33(31)36(42)38(26-23-35(40)41)25-22-30-17-9-8-14-28(30)2/h5-21H,3-4,22-27H2,1-2H3,(H,40,41). The number of aryl methyl sites for hydroxylation is 1. The van der Waals surface area contributed by atoms with E-state index in [0.717, 1.165) is 29.5 Å². The molecular weight excluding hydrogens is 536 g/mol. The van der Waals surface area contributed by atoms with E-state index < -0.39 is 5.97 Å². The normalized spacial score (nSPS) is 10.7. The van der Waals surface area contributed by atoms with Crippen LogP contribution in [0, 0.1) is 6.92 Å². The highest BCUT2D eigenvalue weighted by molar-refractivity contribution is 6.06. The highest BCUT2D eigenvalue weighted by Crippen LogP contribution is 2.30. The molecule has 4 rings (SSSR count). The second-order valence-corrected chi connectivity index (χ2v) is 10.8. The number of unbranched alkanes of at least 4 members (excludes halogenated alkanes) is 1. The molecule has 0 aliphatic heterocycles. The molecule has 6 nitrogen and oxygen atoms in total. The first-order chi connectivity index (χ1) is 20.9. The van der Waals surface area contributed by atoms with Gasteiger partial charge < -0.3 is 14.9 Å². The number of carbonyl (C=O) groups is 3. The molecule has 0 aromatic heterocycles. The summed E-state index contributed by atoms with van der Waals surface area (Å²) in [5.41, 5.74) is 5.62. The van der Waals surface area contributed by atoms with Gasteiger partial charge in [-0.25, -0.2) is 0 Å². The molecule has 222 valence electrons. The van der Waals surface area contributed by atoms with E-state index in [-0.39, 0.29) is 24.8 Å². The Bertz CT molecular complexity index is 1530. The van der Waals surface area contributed by atoms with Crippen molar-refractivity contribution in [2.75, 3.05) is 19.6 Å². The third-order valence-corrected chi connectivity index (χ3v) is 7.69. The van der Waals surface area contributed by atoms with Gasteiger partial charge in [0.2, 0.25) is 0 Å². The highest BCUT2D eigenvalue weighted by Gasteiger charge is 2.24. The van der Waals surface area contributed by atoms with Crippen LogP contribution in [0.2, 0.25) is 0 Å². The van der Waals surface area contributed by atoms with Gasteiger partial charge in [0.05, 0.1) is 6.42 Å². The third kappa shape index (κ3) is 8.41. The van der Waals surface area contributed by atoms with E-state index in [1.54, 1.807) is 17.0 Å². The fourth-order valence-corrected chi connectivity index (χ4v) is 5.25. The van der Waals surface area contributed by atoms with E-state index in [9.17, 15) is 19.5 Å². The van der Waals surface area contributed by atoms with E-state index in [1.165, 1.54) is 0 Å². The van der Waals surface area contributed by atoms with E-state index in [2.05, 4.69) is 6.92 Å². The Morgan fingerprint density at radius 2 is 1.21 bits per heavy atom. The summed E-state index contributed by atoms with van der Waals surface area (Å²) in [4.78, 5) is 43.2. The number of hydrogen-bond donors (Lipinski definition) is 1. The molecule has 0 radical (unpaired) electrons. The van der Waals surface area contributed by atoms with Crippen molar-refractivity contribution in [1.29, 1.82) is 0 Å². The fraction of sp³-hybridized carbons (Fsp3) is 0.270. The lowest BCUT2D eigenvalue weighted by molar-refractivity contribution is -0.137. The molecule has 0 aliphatic rings. The molecule has 6 heteroatoms. The van der Waals surface area contributed by atoms with Gasteiger partial charge in [0.1, 0.15) is 0 Å². The van der Waals surface area contributed by atoms with Crippen LogP contribution in [0.15, 0.2) is 103 Å². The smallest absolute Gasteiger partial charge is 0.305 e. The molecule has 0 atom stereocenters. The Hall–Kier alpha value is -4.71. The van der Waals surface area contributed by atoms with Gasteiger partial charge in [0, 0.05) is 37.3 Å². The summed E-state index contributed by atoms with van der Waals surface area (Å²) in [6.45, 7) is 5.74. The molecular formula is C37H40N2O4. The van der Waals surface area contributed by atoms with Crippen LogP contribution < -0.4 is 0 Å². The van der Waals surface area contributed by atoms with Crippen molar-refractivity contribution in [1.82, 2.24) is 9.80 Å². The molecule has 0 bridgehead atoms. The van der Waals surface area contributed by atoms with Crippen LogP contribution in [0.4, 0.5) is 0 Å². The molecule has 0 saturated heterocycles. The minimum atomic E-state index is -0.955. The van der Waals surface area contributed by atoms with Crippen molar-refractivity contribution in [3.63, 3.8) is 0 Å². The van der Waals surface area contributed by atoms with Crippen molar-refractivity contribution >= 4 is 17.8 Å². The molecule has 1 N–H and O–H groups in total. The number of benzene rings is 4. The zero-order valence-corrected chi connectivity index (χ0v) is 25.0. The lowest BCUT2D eigenvalue weighted by Crippen LogP contribution is -2.35. The summed E-state index contributed by atoms with van der Waals surface area (Å²) < 4.78 is 0. The fourth-order valence-electron chi connectivity index (χ4n) is 5.25. The zero-order valence-electron chi connectivity index (χ0n) is 25.0. The molecule has 0 aliphatic carbocycles. The molecule has 4 aromatic carbocycles. The molecule has 0 unspecified atom stereocenters. The SMILES string of the molecule is CCCCN(Cc1ccccc1)C(=O)c1ccccc1-c1ccccc1C(=O)N(CCC(=O)O)CCc1ccccc1C. The minimum Gasteiger partial charge on any atom is -0.481 e. The van der Waals surface area contributed by atoms with Crippen molar-refractivity contribution in [2.45, 2.75) is 46.1 Å². The van der Waals surface area contributed by atoms with Crippen LogP contribution >= 0.6 is 0 Å². The van der Waals surface area contributed by atoms with E-state index >= 15 is 0 Å². The zero-order chi connectivity index (χ0) is 30.6. The number of nitrogens with zero attached hydrogens (tertiary/aromatic N) is 2. The van der Waals surface area contributed by atoms with Gasteiger partial charge in [-0.05, 0) is 59.7 Å². The second-order valence-electron chi connectivity index (χ2n) is 10.8. The van der Waals surface area contributed by atoms with Gasteiger partial charge in [-0.2, -0.15) is 0 Å². The number of carboxylic acids is 1. The van der Waals surface area contributed by atoms with Gasteiger partial charge >= 0.3 is 5.97 Å². The topological polar surface area (TPSA) is 77.9 Å². The first-order valence-corrected chi connectivity index (χ1v) is 15.0. The van der Waals surface area contributed by atoms with Crippen LogP contribution in [-0.2, 0) is 17.8 Å². The Labute approximate surface area is 254 Å². The van der Waals surface area contributed by atoms with Crippen LogP contribution in [0.3, 0.4) is 0 Å². The number of amides is 2. The van der Waals surface area contributed by atoms with Gasteiger partial charge in [-0.3, -0.25) is 14.4 Å². The summed E-state index contributed by atoms with van der Waals surface area (Å²) in [7, 11) is 0. The molecule has 0 saturated carbocycles. The van der Waals surface area contributed by atoms with E-state index in [4.69, 9.17) is 0 Å². The van der Waals surface area contributed by atoms with Gasteiger partial charge in [0.15, 0.2) is 0 Å². The van der Waals surface area contributed by atoms with Crippen LogP contribution in [0.5, 0.6) is 0 Å². The Kier molecular flexibility index (Phi) is 11.3. The maximum Gasteiger partial charge on any atom is 0.305 e. The number of aliphatic carboxylic acids is 1. The molecule has 2 amide bonds. The first kappa shape index (κ1) is 31.2. The minimum absolute atomic E-state index is 0.0857. The maximum atomic E-state index is 14.1. The summed E-state index contributed by atoms with van der Waals surface area (Å²) in [6.07, 6.45) is 2.31. The summed E-state index contributed by atoms with van der Waals surface area (Å²) in [6, 6.07) is 32.7. The monoisotopic (exact) mass is 576 g/mol. The Morgan fingerprint density at radius 3 is 1.81 bits per heavy atom. The lowest BCUT2D eigenvalue weighted by Gasteiger charge is -2.26. The lowest BCUT2D eigenvalue weighted by atomic mass is 9.93. The number of rotatable bonds is 14. The Balaban J connectivity index is 1.67. The van der Waals surface area contributed by atoms with E-state index in [0.29, 0.717) is 48.3 Å². The van der Waals surface area contributed by atoms with Crippen LogP contribution in [0.25, 0.3) is 11.1 Å². The first-order valence-electron chi connectivity index (χ1n) is 15.0. The number of hydrogen-bond acceptors (Lipinski definition) is 3. The second kappa shape index (κ2) is 15.5. The van der Waals surface area contributed by atoms with Crippen LogP contribution in [-0.4, -0.2) is 52.3 Å². The quantitative estimate of drug-likeness (QED) is 0.171. The molecule has 4 aromatic rings. The Morgan fingerprint density at radius 1 is 0.651 bits per heavy atom. The molecule has 43 heavy (non-hydrogen) atoms.